The SMILES string of the molecule is Cn1cnc(C(=O)Nc2ccccc2CC(=O)O)c1. The monoisotopic (exact) mass is 259 g/mol. The minimum atomic E-state index is -0.945. The van der Waals surface area contributed by atoms with Crippen LogP contribution < -0.4 is 5.32 Å². The maximum absolute atomic E-state index is 11.9. The molecule has 0 saturated heterocycles. The molecule has 0 unspecified atom stereocenters. The van der Waals surface area contributed by atoms with E-state index in [0.717, 1.165) is 0 Å². The molecule has 2 aromatic rings. The maximum Gasteiger partial charge on any atom is 0.307 e. The molecule has 1 heterocycles. The maximum atomic E-state index is 11.9. The van der Waals surface area contributed by atoms with Gasteiger partial charge in [0.2, 0.25) is 0 Å². The van der Waals surface area contributed by atoms with Gasteiger partial charge >= 0.3 is 5.97 Å². The summed E-state index contributed by atoms with van der Waals surface area (Å²) >= 11 is 0. The molecule has 0 radical (unpaired) electrons. The predicted octanol–water partition coefficient (Wildman–Crippen LogP) is 1.30. The van der Waals surface area contributed by atoms with Gasteiger partial charge in [-0.2, -0.15) is 0 Å². The van der Waals surface area contributed by atoms with Gasteiger partial charge in [-0.15, -0.1) is 0 Å². The van der Waals surface area contributed by atoms with Gasteiger partial charge in [-0.1, -0.05) is 18.2 Å². The summed E-state index contributed by atoms with van der Waals surface area (Å²) in [6, 6.07) is 6.80. The molecule has 0 aliphatic heterocycles. The standard InChI is InChI=1S/C13H13N3O3/c1-16-7-11(14-8-16)13(19)15-10-5-3-2-4-9(10)6-12(17)18/h2-5,7-8H,6H2,1H3,(H,15,19)(H,17,18). The number of carboxylic acid groups (broad SMARTS) is 1. The fourth-order valence-electron chi connectivity index (χ4n) is 1.68. The van der Waals surface area contributed by atoms with Crippen LogP contribution in [0.5, 0.6) is 0 Å². The van der Waals surface area contributed by atoms with Crippen molar-refractivity contribution >= 4 is 17.6 Å². The number of hydrogen-bond donors (Lipinski definition) is 2. The Kier molecular flexibility index (Phi) is 3.61. The van der Waals surface area contributed by atoms with Gasteiger partial charge in [0.25, 0.3) is 5.91 Å². The molecule has 98 valence electrons. The van der Waals surface area contributed by atoms with Crippen LogP contribution >= 0.6 is 0 Å². The molecule has 1 amide bonds. The molecule has 0 saturated carbocycles. The van der Waals surface area contributed by atoms with Gasteiger partial charge in [0, 0.05) is 18.9 Å². The fraction of sp³-hybridized carbons (Fsp3) is 0.154. The zero-order valence-corrected chi connectivity index (χ0v) is 10.3. The van der Waals surface area contributed by atoms with E-state index < -0.39 is 5.97 Å². The Morgan fingerprint density at radius 2 is 2.11 bits per heavy atom. The van der Waals surface area contributed by atoms with E-state index in [2.05, 4.69) is 10.3 Å². The topological polar surface area (TPSA) is 84.2 Å². The summed E-state index contributed by atoms with van der Waals surface area (Å²) in [6.45, 7) is 0. The van der Waals surface area contributed by atoms with E-state index >= 15 is 0 Å². The smallest absolute Gasteiger partial charge is 0.307 e. The molecule has 2 rings (SSSR count). The zero-order valence-electron chi connectivity index (χ0n) is 10.3. The van der Waals surface area contributed by atoms with E-state index in [1.807, 2.05) is 0 Å². The summed E-state index contributed by atoms with van der Waals surface area (Å²) in [7, 11) is 1.77. The molecule has 0 fully saturated rings. The van der Waals surface area contributed by atoms with Crippen LogP contribution in [0.3, 0.4) is 0 Å². The number of hydrogen-bond acceptors (Lipinski definition) is 3. The molecule has 0 aliphatic carbocycles. The third kappa shape index (κ3) is 3.19. The van der Waals surface area contributed by atoms with Crippen LogP contribution in [0.1, 0.15) is 16.1 Å². The number of aromatic nitrogens is 2. The Bertz CT molecular complexity index is 619. The molecule has 0 atom stereocenters. The first-order chi connectivity index (χ1) is 9.06. The molecule has 19 heavy (non-hydrogen) atoms. The molecule has 6 heteroatoms. The molecule has 2 N–H and O–H groups in total. The Hall–Kier alpha value is -2.63. The number of amides is 1. The number of aliphatic carboxylic acids is 1. The van der Waals surface area contributed by atoms with Crippen LogP contribution in [0, 0.1) is 0 Å². The molecule has 6 nitrogen and oxygen atoms in total. The summed E-state index contributed by atoms with van der Waals surface area (Å²) < 4.78 is 1.66. The number of nitrogens with one attached hydrogen (secondary N) is 1. The van der Waals surface area contributed by atoms with Crippen molar-refractivity contribution in [3.05, 3.63) is 48.0 Å². The third-order valence-corrected chi connectivity index (χ3v) is 2.54. The summed E-state index contributed by atoms with van der Waals surface area (Å²) in [5.41, 5.74) is 1.33. The average Bonchev–Trinajstić information content (AvgIpc) is 2.78. The highest BCUT2D eigenvalue weighted by atomic mass is 16.4. The normalized spacial score (nSPS) is 10.2. The second kappa shape index (κ2) is 5.34. The largest absolute Gasteiger partial charge is 0.481 e. The van der Waals surface area contributed by atoms with Gasteiger partial charge < -0.3 is 15.0 Å². The minimum absolute atomic E-state index is 0.140. The minimum Gasteiger partial charge on any atom is -0.481 e. The molecule has 0 bridgehead atoms. The first kappa shape index (κ1) is 12.8. The number of aryl methyl sites for hydroxylation is 1. The first-order valence-electron chi connectivity index (χ1n) is 5.65. The summed E-state index contributed by atoms with van der Waals surface area (Å²) in [5.74, 6) is -1.31. The fourth-order valence-corrected chi connectivity index (χ4v) is 1.68. The lowest BCUT2D eigenvalue weighted by Crippen LogP contribution is -2.14. The molecule has 0 aliphatic rings. The van der Waals surface area contributed by atoms with E-state index in [4.69, 9.17) is 5.11 Å². The molecule has 1 aromatic heterocycles. The summed E-state index contributed by atoms with van der Waals surface area (Å²) in [5, 5.41) is 11.5. The molecular formula is C13H13N3O3. The highest BCUT2D eigenvalue weighted by molar-refractivity contribution is 6.03. The second-order valence-electron chi connectivity index (χ2n) is 4.11. The van der Waals surface area contributed by atoms with Crippen molar-refractivity contribution in [2.24, 2.45) is 7.05 Å². The third-order valence-electron chi connectivity index (χ3n) is 2.54. The number of carboxylic acids is 1. The van der Waals surface area contributed by atoms with Crippen LogP contribution in [0.25, 0.3) is 0 Å². The van der Waals surface area contributed by atoms with E-state index in [1.54, 1.807) is 42.1 Å². The van der Waals surface area contributed by atoms with Crippen molar-refractivity contribution < 1.29 is 14.7 Å². The van der Waals surface area contributed by atoms with Crippen LogP contribution in [-0.2, 0) is 18.3 Å². The Morgan fingerprint density at radius 1 is 1.37 bits per heavy atom. The Morgan fingerprint density at radius 3 is 2.74 bits per heavy atom. The van der Waals surface area contributed by atoms with Crippen molar-refractivity contribution in [1.82, 2.24) is 9.55 Å². The van der Waals surface area contributed by atoms with Gasteiger partial charge in [0.05, 0.1) is 12.7 Å². The molecule has 1 aromatic carbocycles. The molecule has 0 spiro atoms. The lowest BCUT2D eigenvalue weighted by molar-refractivity contribution is -0.136. The van der Waals surface area contributed by atoms with Crippen LogP contribution in [-0.4, -0.2) is 26.5 Å². The number of imidazole rings is 1. The van der Waals surface area contributed by atoms with Gasteiger partial charge in [-0.3, -0.25) is 9.59 Å². The van der Waals surface area contributed by atoms with Crippen molar-refractivity contribution in [2.75, 3.05) is 5.32 Å². The van der Waals surface area contributed by atoms with Crippen LogP contribution in [0.4, 0.5) is 5.69 Å². The van der Waals surface area contributed by atoms with Crippen molar-refractivity contribution in [3.63, 3.8) is 0 Å². The number of benzene rings is 1. The first-order valence-corrected chi connectivity index (χ1v) is 5.65. The number of carbonyl (C=O) groups excluding carboxylic acids is 1. The number of rotatable bonds is 4. The van der Waals surface area contributed by atoms with Crippen LogP contribution in [0.15, 0.2) is 36.8 Å². The van der Waals surface area contributed by atoms with Crippen LogP contribution in [0.2, 0.25) is 0 Å². The van der Waals surface area contributed by atoms with E-state index in [1.165, 1.54) is 6.33 Å². The van der Waals surface area contributed by atoms with Crippen molar-refractivity contribution in [2.45, 2.75) is 6.42 Å². The Labute approximate surface area is 109 Å². The zero-order chi connectivity index (χ0) is 13.8. The van der Waals surface area contributed by atoms with Crippen molar-refractivity contribution in [1.29, 1.82) is 0 Å². The number of carbonyl (C=O) groups is 2. The molecular weight excluding hydrogens is 246 g/mol. The average molecular weight is 259 g/mol. The lowest BCUT2D eigenvalue weighted by Gasteiger charge is -2.08. The summed E-state index contributed by atoms with van der Waals surface area (Å²) in [6.07, 6.45) is 2.98. The second-order valence-corrected chi connectivity index (χ2v) is 4.11. The number of nitrogens with zero attached hydrogens (tertiary/aromatic N) is 2. The Balaban J connectivity index is 2.19. The van der Waals surface area contributed by atoms with E-state index in [0.29, 0.717) is 11.3 Å². The van der Waals surface area contributed by atoms with Gasteiger partial charge in [0.1, 0.15) is 5.69 Å². The number of anilines is 1. The summed E-state index contributed by atoms with van der Waals surface area (Å²) in [4.78, 5) is 26.6. The van der Waals surface area contributed by atoms with E-state index in [9.17, 15) is 9.59 Å². The van der Waals surface area contributed by atoms with Crippen molar-refractivity contribution in [3.8, 4) is 0 Å². The number of para-hydroxylation sites is 1. The quantitative estimate of drug-likeness (QED) is 0.866. The predicted molar refractivity (Wildman–Crippen MR) is 68.9 cm³/mol. The van der Waals surface area contributed by atoms with E-state index in [-0.39, 0.29) is 18.0 Å². The van der Waals surface area contributed by atoms with Gasteiger partial charge in [-0.05, 0) is 11.6 Å². The van der Waals surface area contributed by atoms with Gasteiger partial charge in [-0.25, -0.2) is 4.98 Å². The highest BCUT2D eigenvalue weighted by Gasteiger charge is 2.12. The van der Waals surface area contributed by atoms with Gasteiger partial charge in [0.15, 0.2) is 0 Å². The lowest BCUT2D eigenvalue weighted by atomic mass is 10.1. The highest BCUT2D eigenvalue weighted by Crippen LogP contribution is 2.16.